The van der Waals surface area contributed by atoms with Gasteiger partial charge in [0.25, 0.3) is 0 Å². The number of amides is 1. The highest BCUT2D eigenvalue weighted by Crippen LogP contribution is 2.05. The number of guanidine groups is 1. The number of hydrogen-bond acceptors (Lipinski definition) is 5. The zero-order chi connectivity index (χ0) is 17.9. The van der Waals surface area contributed by atoms with E-state index in [1.807, 2.05) is 30.3 Å². The van der Waals surface area contributed by atoms with Gasteiger partial charge in [-0.25, -0.2) is 4.79 Å². The number of carbonyl (C=O) groups is 2. The molecule has 0 heterocycles. The molecule has 0 saturated carbocycles. The van der Waals surface area contributed by atoms with Gasteiger partial charge in [0.05, 0.1) is 13.2 Å². The van der Waals surface area contributed by atoms with Crippen molar-refractivity contribution in [2.45, 2.75) is 31.3 Å². The molecule has 1 aromatic carbocycles. The van der Waals surface area contributed by atoms with Crippen molar-refractivity contribution in [2.24, 2.45) is 22.2 Å². The van der Waals surface area contributed by atoms with Gasteiger partial charge >= 0.3 is 5.97 Å². The SMILES string of the molecule is COC(=O)[C@@H](Cc1ccccc1)NC(=O)[C@H](N)CCCN=C(N)N. The summed E-state index contributed by atoms with van der Waals surface area (Å²) in [5, 5.41) is 2.64. The summed E-state index contributed by atoms with van der Waals surface area (Å²) in [5.74, 6) is -0.924. The standard InChI is InChI=1S/C16H25N5O3/c1-24-15(23)13(10-11-6-3-2-4-7-11)21-14(22)12(17)8-5-9-20-16(18)19/h2-4,6-7,12-13H,5,8-10,17H2,1H3,(H,21,22)(H4,18,19,20)/t12-,13-/m1/s1. The van der Waals surface area contributed by atoms with Gasteiger partial charge in [-0.05, 0) is 18.4 Å². The number of benzene rings is 1. The zero-order valence-electron chi connectivity index (χ0n) is 13.8. The normalized spacial score (nSPS) is 12.8. The molecule has 0 fully saturated rings. The van der Waals surface area contributed by atoms with E-state index >= 15 is 0 Å². The molecule has 0 aliphatic heterocycles. The van der Waals surface area contributed by atoms with Gasteiger partial charge in [0.1, 0.15) is 6.04 Å². The maximum Gasteiger partial charge on any atom is 0.328 e. The lowest BCUT2D eigenvalue weighted by Gasteiger charge is -2.19. The summed E-state index contributed by atoms with van der Waals surface area (Å²) < 4.78 is 4.75. The number of rotatable bonds is 9. The summed E-state index contributed by atoms with van der Waals surface area (Å²) in [6.45, 7) is 0.397. The van der Waals surface area contributed by atoms with Gasteiger partial charge in [-0.1, -0.05) is 30.3 Å². The van der Waals surface area contributed by atoms with Crippen molar-refractivity contribution in [2.75, 3.05) is 13.7 Å². The lowest BCUT2D eigenvalue weighted by molar-refractivity contribution is -0.145. The van der Waals surface area contributed by atoms with Crippen LogP contribution in [-0.2, 0) is 20.7 Å². The van der Waals surface area contributed by atoms with Gasteiger partial charge in [0, 0.05) is 13.0 Å². The van der Waals surface area contributed by atoms with Crippen molar-refractivity contribution in [3.8, 4) is 0 Å². The summed E-state index contributed by atoms with van der Waals surface area (Å²) in [6.07, 6.45) is 1.30. The Morgan fingerprint density at radius 2 is 1.92 bits per heavy atom. The minimum absolute atomic E-state index is 0.00152. The molecule has 0 aromatic heterocycles. The first-order chi connectivity index (χ1) is 11.4. The number of ether oxygens (including phenoxy) is 1. The van der Waals surface area contributed by atoms with E-state index in [1.165, 1.54) is 7.11 Å². The molecule has 0 bridgehead atoms. The van der Waals surface area contributed by atoms with Gasteiger partial charge in [-0.2, -0.15) is 0 Å². The van der Waals surface area contributed by atoms with Crippen molar-refractivity contribution in [3.63, 3.8) is 0 Å². The Kier molecular flexibility index (Phi) is 8.28. The number of nitrogens with two attached hydrogens (primary N) is 3. The van der Waals surface area contributed by atoms with E-state index < -0.39 is 24.0 Å². The van der Waals surface area contributed by atoms with E-state index in [1.54, 1.807) is 0 Å². The fourth-order valence-electron chi connectivity index (χ4n) is 2.11. The second-order valence-corrected chi connectivity index (χ2v) is 5.33. The molecule has 0 radical (unpaired) electrons. The first-order valence-corrected chi connectivity index (χ1v) is 7.67. The number of methoxy groups -OCH3 is 1. The van der Waals surface area contributed by atoms with Crippen LogP contribution in [0.4, 0.5) is 0 Å². The van der Waals surface area contributed by atoms with Crippen LogP contribution in [-0.4, -0.2) is 43.6 Å². The molecule has 8 nitrogen and oxygen atoms in total. The number of hydrogen-bond donors (Lipinski definition) is 4. The van der Waals surface area contributed by atoms with Crippen molar-refractivity contribution in [1.29, 1.82) is 0 Å². The maximum absolute atomic E-state index is 12.2. The molecule has 24 heavy (non-hydrogen) atoms. The van der Waals surface area contributed by atoms with Crippen LogP contribution in [0.3, 0.4) is 0 Å². The minimum atomic E-state index is -0.784. The zero-order valence-corrected chi connectivity index (χ0v) is 13.8. The molecule has 2 atom stereocenters. The van der Waals surface area contributed by atoms with Crippen LogP contribution in [0.15, 0.2) is 35.3 Å². The molecule has 0 spiro atoms. The highest BCUT2D eigenvalue weighted by molar-refractivity contribution is 5.87. The first kappa shape index (κ1) is 19.4. The fourth-order valence-corrected chi connectivity index (χ4v) is 2.11. The van der Waals surface area contributed by atoms with Gasteiger partial charge in [0.2, 0.25) is 5.91 Å². The number of nitrogens with one attached hydrogen (secondary N) is 1. The number of carbonyl (C=O) groups excluding carboxylic acids is 2. The highest BCUT2D eigenvalue weighted by atomic mass is 16.5. The first-order valence-electron chi connectivity index (χ1n) is 7.67. The summed E-state index contributed by atoms with van der Waals surface area (Å²) in [4.78, 5) is 27.9. The van der Waals surface area contributed by atoms with Crippen molar-refractivity contribution < 1.29 is 14.3 Å². The Balaban J connectivity index is 2.57. The Labute approximate surface area is 141 Å². The molecular weight excluding hydrogens is 310 g/mol. The van der Waals surface area contributed by atoms with Crippen LogP contribution in [0.2, 0.25) is 0 Å². The van der Waals surface area contributed by atoms with E-state index in [0.717, 1.165) is 5.56 Å². The van der Waals surface area contributed by atoms with Crippen LogP contribution < -0.4 is 22.5 Å². The second-order valence-electron chi connectivity index (χ2n) is 5.33. The maximum atomic E-state index is 12.2. The molecule has 0 aliphatic carbocycles. The topological polar surface area (TPSA) is 146 Å². The lowest BCUT2D eigenvalue weighted by Crippen LogP contribution is -2.49. The molecule has 1 amide bonds. The third-order valence-corrected chi connectivity index (χ3v) is 3.39. The predicted molar refractivity (Wildman–Crippen MR) is 92.0 cm³/mol. The number of esters is 1. The third kappa shape index (κ3) is 7.10. The molecule has 0 aliphatic rings. The molecule has 1 aromatic rings. The van der Waals surface area contributed by atoms with Crippen LogP contribution in [0.5, 0.6) is 0 Å². The molecule has 7 N–H and O–H groups in total. The quantitative estimate of drug-likeness (QED) is 0.202. The highest BCUT2D eigenvalue weighted by Gasteiger charge is 2.24. The molecule has 0 saturated heterocycles. The summed E-state index contributed by atoms with van der Waals surface area (Å²) in [7, 11) is 1.28. The van der Waals surface area contributed by atoms with Crippen LogP contribution in [0.1, 0.15) is 18.4 Å². The molecular formula is C16H25N5O3. The fraction of sp³-hybridized carbons (Fsp3) is 0.438. The van der Waals surface area contributed by atoms with E-state index in [4.69, 9.17) is 21.9 Å². The molecule has 8 heteroatoms. The average molecular weight is 335 g/mol. The Morgan fingerprint density at radius 1 is 1.25 bits per heavy atom. The van der Waals surface area contributed by atoms with Gasteiger partial charge in [0.15, 0.2) is 5.96 Å². The number of nitrogens with zero attached hydrogens (tertiary/aromatic N) is 1. The predicted octanol–water partition coefficient (Wildman–Crippen LogP) is -0.732. The van der Waals surface area contributed by atoms with Crippen molar-refractivity contribution in [1.82, 2.24) is 5.32 Å². The van der Waals surface area contributed by atoms with Gasteiger partial charge in [-0.3, -0.25) is 9.79 Å². The van der Waals surface area contributed by atoms with E-state index in [9.17, 15) is 9.59 Å². The van der Waals surface area contributed by atoms with Crippen LogP contribution in [0, 0.1) is 0 Å². The van der Waals surface area contributed by atoms with Gasteiger partial charge in [-0.15, -0.1) is 0 Å². The lowest BCUT2D eigenvalue weighted by atomic mass is 10.0. The third-order valence-electron chi connectivity index (χ3n) is 3.39. The van der Waals surface area contributed by atoms with Crippen LogP contribution >= 0.6 is 0 Å². The average Bonchev–Trinajstić information content (AvgIpc) is 2.57. The van der Waals surface area contributed by atoms with E-state index in [0.29, 0.717) is 25.8 Å². The summed E-state index contributed by atoms with van der Waals surface area (Å²) in [5.41, 5.74) is 17.2. The summed E-state index contributed by atoms with van der Waals surface area (Å²) in [6, 6.07) is 7.81. The Hall–Kier alpha value is -2.61. The largest absolute Gasteiger partial charge is 0.467 e. The molecule has 0 unspecified atom stereocenters. The summed E-state index contributed by atoms with van der Waals surface area (Å²) >= 11 is 0. The van der Waals surface area contributed by atoms with Crippen molar-refractivity contribution in [3.05, 3.63) is 35.9 Å². The smallest absolute Gasteiger partial charge is 0.328 e. The number of aliphatic imine (C=N–C) groups is 1. The van der Waals surface area contributed by atoms with Crippen LogP contribution in [0.25, 0.3) is 0 Å². The van der Waals surface area contributed by atoms with Crippen molar-refractivity contribution >= 4 is 17.8 Å². The van der Waals surface area contributed by atoms with E-state index in [-0.39, 0.29) is 5.96 Å². The molecule has 1 rings (SSSR count). The molecule has 132 valence electrons. The Bertz CT molecular complexity index is 558. The monoisotopic (exact) mass is 335 g/mol. The van der Waals surface area contributed by atoms with E-state index in [2.05, 4.69) is 10.3 Å². The second kappa shape index (κ2) is 10.2. The Morgan fingerprint density at radius 3 is 2.50 bits per heavy atom. The minimum Gasteiger partial charge on any atom is -0.467 e. The van der Waals surface area contributed by atoms with Gasteiger partial charge < -0.3 is 27.3 Å².